The number of anilines is 2. The second-order valence-electron chi connectivity index (χ2n) is 8.90. The van der Waals surface area contributed by atoms with Gasteiger partial charge in [0.1, 0.15) is 0 Å². The molecule has 2 rings (SSSR count). The van der Waals surface area contributed by atoms with Crippen LogP contribution in [0.2, 0.25) is 0 Å². The van der Waals surface area contributed by atoms with Crippen LogP contribution in [-0.4, -0.2) is 63.3 Å². The summed E-state index contributed by atoms with van der Waals surface area (Å²) < 4.78 is 9.83. The van der Waals surface area contributed by atoms with Gasteiger partial charge in [0.15, 0.2) is 0 Å². The molecule has 0 bridgehead atoms. The molecular formula is C24H39N3O4. The molecule has 1 aromatic carbocycles. The van der Waals surface area contributed by atoms with Gasteiger partial charge in [0, 0.05) is 32.8 Å². The smallest absolute Gasteiger partial charge is 0.306 e. The number of hydrogen-bond donors (Lipinski definition) is 1. The van der Waals surface area contributed by atoms with Crippen LogP contribution in [0.3, 0.4) is 0 Å². The number of ether oxygens (including phenoxy) is 2. The van der Waals surface area contributed by atoms with Gasteiger partial charge in [-0.3, -0.25) is 9.59 Å². The van der Waals surface area contributed by atoms with Crippen molar-refractivity contribution in [1.82, 2.24) is 4.90 Å². The van der Waals surface area contributed by atoms with E-state index in [1.54, 1.807) is 7.11 Å². The van der Waals surface area contributed by atoms with E-state index >= 15 is 0 Å². The number of nitrogens with zero attached hydrogens (tertiary/aromatic N) is 2. The first-order valence-corrected chi connectivity index (χ1v) is 11.3. The van der Waals surface area contributed by atoms with E-state index in [1.807, 2.05) is 17.9 Å². The largest absolute Gasteiger partial charge is 0.469 e. The number of likely N-dealkylation sites (tertiary alicyclic amines) is 1. The molecule has 1 fully saturated rings. The predicted octanol–water partition coefficient (Wildman–Crippen LogP) is 3.43. The number of nitrogen functional groups attached to an aromatic ring is 1. The zero-order chi connectivity index (χ0) is 23.0. The Bertz CT molecular complexity index is 730. The molecule has 0 unspecified atom stereocenters. The lowest BCUT2D eigenvalue weighted by Gasteiger charge is -2.41. The van der Waals surface area contributed by atoms with Gasteiger partial charge in [0.25, 0.3) is 0 Å². The van der Waals surface area contributed by atoms with Gasteiger partial charge in [-0.1, -0.05) is 26.8 Å². The number of methoxy groups -OCH3 is 2. The van der Waals surface area contributed by atoms with Crippen molar-refractivity contribution in [3.8, 4) is 0 Å². The molecule has 1 aromatic rings. The molecule has 1 aliphatic heterocycles. The van der Waals surface area contributed by atoms with Crippen molar-refractivity contribution in [2.75, 3.05) is 51.1 Å². The summed E-state index contributed by atoms with van der Waals surface area (Å²) in [6.45, 7) is 9.32. The second kappa shape index (κ2) is 11.9. The van der Waals surface area contributed by atoms with Crippen molar-refractivity contribution in [2.24, 2.45) is 5.92 Å². The van der Waals surface area contributed by atoms with Crippen LogP contribution in [-0.2, 0) is 19.1 Å². The fraction of sp³-hybridized carbons (Fsp3) is 0.667. The van der Waals surface area contributed by atoms with Gasteiger partial charge in [0.2, 0.25) is 5.91 Å². The highest BCUT2D eigenvalue weighted by atomic mass is 16.5. The molecule has 0 saturated carbocycles. The molecule has 7 heteroatoms. The quantitative estimate of drug-likeness (QED) is 0.449. The zero-order valence-corrected chi connectivity index (χ0v) is 19.7. The van der Waals surface area contributed by atoms with Crippen LogP contribution in [0.1, 0.15) is 57.9 Å². The summed E-state index contributed by atoms with van der Waals surface area (Å²) in [6, 6.07) is 6.47. The number of benzene rings is 1. The average Bonchev–Trinajstić information content (AvgIpc) is 2.75. The summed E-state index contributed by atoms with van der Waals surface area (Å²) in [5.41, 5.74) is 9.30. The van der Waals surface area contributed by atoms with Gasteiger partial charge in [-0.15, -0.1) is 0 Å². The third-order valence-corrected chi connectivity index (χ3v) is 5.97. The van der Waals surface area contributed by atoms with Crippen LogP contribution in [0, 0.1) is 5.92 Å². The average molecular weight is 434 g/mol. The Morgan fingerprint density at radius 1 is 1.19 bits per heavy atom. The van der Waals surface area contributed by atoms with Crippen molar-refractivity contribution < 1.29 is 19.1 Å². The summed E-state index contributed by atoms with van der Waals surface area (Å²) in [4.78, 5) is 28.3. The van der Waals surface area contributed by atoms with E-state index < -0.39 is 0 Å². The van der Waals surface area contributed by atoms with E-state index in [-0.39, 0.29) is 17.8 Å². The molecule has 1 heterocycles. The van der Waals surface area contributed by atoms with Crippen LogP contribution < -0.4 is 10.6 Å². The highest BCUT2D eigenvalue weighted by molar-refractivity contribution is 5.76. The van der Waals surface area contributed by atoms with Gasteiger partial charge in [-0.25, -0.2) is 0 Å². The number of rotatable bonds is 10. The molecule has 0 aliphatic carbocycles. The molecule has 1 amide bonds. The van der Waals surface area contributed by atoms with E-state index in [4.69, 9.17) is 15.2 Å². The first-order chi connectivity index (χ1) is 14.8. The summed E-state index contributed by atoms with van der Waals surface area (Å²) in [5, 5.41) is 0. The summed E-state index contributed by atoms with van der Waals surface area (Å²) >= 11 is 0. The molecule has 7 nitrogen and oxygen atoms in total. The SMILES string of the molecule is COCCC(=O)N1CCC(N(CC(C)C)c2ccc([C@H](C)CC(=O)OC)cc2N)CC1. The number of piperidine rings is 1. The maximum absolute atomic E-state index is 12.3. The van der Waals surface area contributed by atoms with E-state index in [0.29, 0.717) is 31.4 Å². The Balaban J connectivity index is 2.12. The normalized spacial score (nSPS) is 15.7. The number of carbonyl (C=O) groups excluding carboxylic acids is 2. The zero-order valence-electron chi connectivity index (χ0n) is 19.7. The maximum Gasteiger partial charge on any atom is 0.306 e. The van der Waals surface area contributed by atoms with Crippen LogP contribution in [0.15, 0.2) is 18.2 Å². The molecule has 0 radical (unpaired) electrons. The van der Waals surface area contributed by atoms with Gasteiger partial charge < -0.3 is 25.0 Å². The molecule has 2 N–H and O–H groups in total. The molecule has 0 spiro atoms. The van der Waals surface area contributed by atoms with Gasteiger partial charge in [-0.05, 0) is 42.4 Å². The Morgan fingerprint density at radius 2 is 1.87 bits per heavy atom. The minimum atomic E-state index is -0.219. The monoisotopic (exact) mass is 433 g/mol. The lowest BCUT2D eigenvalue weighted by Crippen LogP contribution is -2.48. The van der Waals surface area contributed by atoms with E-state index in [1.165, 1.54) is 7.11 Å². The Hall–Kier alpha value is -2.28. The highest BCUT2D eigenvalue weighted by Crippen LogP contribution is 2.33. The number of esters is 1. The fourth-order valence-electron chi connectivity index (χ4n) is 4.20. The summed E-state index contributed by atoms with van der Waals surface area (Å²) in [7, 11) is 3.03. The number of hydrogen-bond acceptors (Lipinski definition) is 6. The summed E-state index contributed by atoms with van der Waals surface area (Å²) in [5.74, 6) is 0.477. The molecule has 0 aromatic heterocycles. The van der Waals surface area contributed by atoms with Gasteiger partial charge in [0.05, 0.1) is 37.9 Å². The van der Waals surface area contributed by atoms with Gasteiger partial charge in [-0.2, -0.15) is 0 Å². The van der Waals surface area contributed by atoms with E-state index in [0.717, 1.165) is 49.4 Å². The molecule has 174 valence electrons. The number of carbonyl (C=O) groups is 2. The lowest BCUT2D eigenvalue weighted by molar-refractivity contribution is -0.141. The van der Waals surface area contributed by atoms with Crippen LogP contribution in [0.5, 0.6) is 0 Å². The molecular weight excluding hydrogens is 394 g/mol. The Kier molecular flexibility index (Phi) is 9.62. The summed E-state index contributed by atoms with van der Waals surface area (Å²) in [6.07, 6.45) is 2.62. The molecule has 1 saturated heterocycles. The van der Waals surface area contributed by atoms with Gasteiger partial charge >= 0.3 is 5.97 Å². The highest BCUT2D eigenvalue weighted by Gasteiger charge is 2.28. The molecule has 1 aliphatic rings. The van der Waals surface area contributed by atoms with E-state index in [9.17, 15) is 9.59 Å². The Labute approximate surface area is 186 Å². The standard InChI is InChI=1S/C24H39N3O4/c1-17(2)16-27(20-8-11-26(12-9-20)23(28)10-13-30-4)22-7-6-19(15-21(22)25)18(3)14-24(29)31-5/h6-7,15,17-18,20H,8-14,16,25H2,1-5H3/t18-/m1/s1. The first kappa shape index (κ1) is 25.0. The predicted molar refractivity (Wildman–Crippen MR) is 124 cm³/mol. The fourth-order valence-corrected chi connectivity index (χ4v) is 4.20. The third kappa shape index (κ3) is 7.13. The maximum atomic E-state index is 12.3. The van der Waals surface area contributed by atoms with Crippen molar-refractivity contribution in [1.29, 1.82) is 0 Å². The second-order valence-corrected chi connectivity index (χ2v) is 8.90. The first-order valence-electron chi connectivity index (χ1n) is 11.3. The van der Waals surface area contributed by atoms with Crippen molar-refractivity contribution >= 4 is 23.3 Å². The number of amides is 1. The number of nitrogens with two attached hydrogens (primary N) is 1. The molecule has 31 heavy (non-hydrogen) atoms. The van der Waals surface area contributed by atoms with Crippen molar-refractivity contribution in [2.45, 2.75) is 58.4 Å². The molecule has 1 atom stereocenters. The minimum absolute atomic E-state index is 0.0451. The van der Waals surface area contributed by atoms with Crippen LogP contribution in [0.25, 0.3) is 0 Å². The topological polar surface area (TPSA) is 85.1 Å². The van der Waals surface area contributed by atoms with E-state index in [2.05, 4.69) is 30.9 Å². The van der Waals surface area contributed by atoms with Crippen LogP contribution >= 0.6 is 0 Å². The lowest BCUT2D eigenvalue weighted by atomic mass is 9.95. The van der Waals surface area contributed by atoms with Crippen molar-refractivity contribution in [3.05, 3.63) is 23.8 Å². The van der Waals surface area contributed by atoms with Crippen molar-refractivity contribution in [3.63, 3.8) is 0 Å². The van der Waals surface area contributed by atoms with Crippen LogP contribution in [0.4, 0.5) is 11.4 Å². The third-order valence-electron chi connectivity index (χ3n) is 5.97. The minimum Gasteiger partial charge on any atom is -0.469 e. The Morgan fingerprint density at radius 3 is 2.42 bits per heavy atom.